The van der Waals surface area contributed by atoms with Crippen molar-refractivity contribution in [2.24, 2.45) is 0 Å². The smallest absolute Gasteiger partial charge is 0.164 e. The Morgan fingerprint density at radius 2 is 0.614 bits per heavy atom. The highest BCUT2D eigenvalue weighted by Gasteiger charge is 2.25. The first-order chi connectivity index (χ1) is 34.1. The van der Waals surface area contributed by atoms with Crippen molar-refractivity contribution in [1.82, 2.24) is 24.1 Å². The normalized spacial score (nSPS) is 11.6. The zero-order valence-corrected chi connectivity index (χ0v) is 40.0. The molecule has 12 aromatic rings. The van der Waals surface area contributed by atoms with Gasteiger partial charge in [0.05, 0.1) is 45.1 Å². The second-order valence-corrected chi connectivity index (χ2v) is 18.8. The largest absolute Gasteiger partial charge is 0.307 e. The molecule has 6 nitrogen and oxygen atoms in total. The molecule has 0 saturated heterocycles. The van der Waals surface area contributed by atoms with Crippen LogP contribution < -0.4 is 0 Å². The summed E-state index contributed by atoms with van der Waals surface area (Å²) < 4.78 is 4.79. The van der Waals surface area contributed by atoms with Crippen LogP contribution in [0.1, 0.15) is 39.5 Å². The first-order valence-corrected chi connectivity index (χ1v) is 23.8. The summed E-state index contributed by atoms with van der Waals surface area (Å²) in [5.41, 5.74) is 20.8. The lowest BCUT2D eigenvalue weighted by Crippen LogP contribution is -2.07. The maximum Gasteiger partial charge on any atom is 0.164 e. The summed E-state index contributed by atoms with van der Waals surface area (Å²) in [7, 11) is 0. The molecule has 0 amide bonds. The van der Waals surface area contributed by atoms with E-state index in [-0.39, 0.29) is 0 Å². The first-order valence-electron chi connectivity index (χ1n) is 23.8. The fraction of sp³-hybridized carbons (Fsp3) is 0.0938. The summed E-state index contributed by atoms with van der Waals surface area (Å²) in [5.74, 6) is 1.64. The molecule has 0 N–H and O–H groups in total. The molecule has 0 aliphatic rings. The molecule has 0 atom stereocenters. The number of fused-ring (bicyclic) bond motifs is 6. The lowest BCUT2D eigenvalue weighted by molar-refractivity contribution is 0.927. The van der Waals surface area contributed by atoms with E-state index in [1.54, 1.807) is 0 Å². The van der Waals surface area contributed by atoms with Crippen LogP contribution in [-0.2, 0) is 0 Å². The summed E-state index contributed by atoms with van der Waals surface area (Å²) in [4.78, 5) is 14.3. The number of aromatic nitrogens is 5. The van der Waals surface area contributed by atoms with Crippen LogP contribution in [-0.4, -0.2) is 24.1 Å². The van der Waals surface area contributed by atoms with Gasteiger partial charge in [0.15, 0.2) is 5.82 Å². The lowest BCUT2D eigenvalue weighted by Gasteiger charge is -2.20. The maximum atomic E-state index is 11.3. The van der Waals surface area contributed by atoms with Gasteiger partial charge < -0.3 is 9.13 Å². The Bertz CT molecular complexity index is 3870. The van der Waals surface area contributed by atoms with Crippen LogP contribution in [0.3, 0.4) is 0 Å². The predicted octanol–water partition coefficient (Wildman–Crippen LogP) is 16.1. The summed E-state index contributed by atoms with van der Waals surface area (Å²) in [6.07, 6.45) is 0. The topological polar surface area (TPSA) is 72.3 Å². The molecule has 0 unspecified atom stereocenters. The molecule has 6 heteroatoms. The molecule has 334 valence electrons. The molecule has 0 fully saturated rings. The average molecular weight is 901 g/mol. The molecule has 0 bridgehead atoms. The summed E-state index contributed by atoms with van der Waals surface area (Å²) in [5, 5.41) is 15.8. The van der Waals surface area contributed by atoms with Gasteiger partial charge in [0.25, 0.3) is 0 Å². The number of hydrogen-bond donors (Lipinski definition) is 0. The number of nitrogens with zero attached hydrogens (tertiary/aromatic N) is 6. The fourth-order valence-electron chi connectivity index (χ4n) is 10.2. The second-order valence-electron chi connectivity index (χ2n) is 18.8. The van der Waals surface area contributed by atoms with Crippen LogP contribution in [0.25, 0.3) is 111 Å². The van der Waals surface area contributed by atoms with Gasteiger partial charge in [-0.3, -0.25) is 0 Å². The van der Waals surface area contributed by atoms with E-state index < -0.39 is 0 Å². The molecule has 0 aliphatic heterocycles. The molecule has 0 spiro atoms. The van der Waals surface area contributed by atoms with Gasteiger partial charge in [0.1, 0.15) is 11.6 Å². The summed E-state index contributed by atoms with van der Waals surface area (Å²) >= 11 is 0. The van der Waals surface area contributed by atoms with Crippen LogP contribution in [0.4, 0.5) is 0 Å². The van der Waals surface area contributed by atoms with Gasteiger partial charge in [-0.2, -0.15) is 5.26 Å². The van der Waals surface area contributed by atoms with Crippen molar-refractivity contribution in [3.8, 4) is 73.3 Å². The third kappa shape index (κ3) is 7.31. The van der Waals surface area contributed by atoms with Crippen molar-refractivity contribution in [2.45, 2.75) is 41.5 Å². The van der Waals surface area contributed by atoms with Crippen LogP contribution in [0, 0.1) is 52.9 Å². The van der Waals surface area contributed by atoms with E-state index >= 15 is 0 Å². The van der Waals surface area contributed by atoms with Crippen LogP contribution in [0.15, 0.2) is 182 Å². The monoisotopic (exact) mass is 900 g/mol. The van der Waals surface area contributed by atoms with Gasteiger partial charge in [-0.05, 0) is 122 Å². The number of hydrogen-bond acceptors (Lipinski definition) is 4. The molecule has 3 heterocycles. The highest BCUT2D eigenvalue weighted by molar-refractivity contribution is 6.14. The van der Waals surface area contributed by atoms with E-state index in [9.17, 15) is 5.26 Å². The van der Waals surface area contributed by atoms with Gasteiger partial charge in [0, 0.05) is 27.1 Å². The highest BCUT2D eigenvalue weighted by atomic mass is 15.1. The number of benzene rings is 9. The minimum atomic E-state index is 0.460. The molecule has 0 aliphatic carbocycles. The lowest BCUT2D eigenvalue weighted by atomic mass is 10.0. The standard InChI is InChI=1S/C64H48N6/c1-38-7-15-44(16-8-38)48-23-27-53-54-28-24-49(45-17-9-39(2)10-18-45)32-59(54)69(58(53)31-48)62-35-52(37-65)57(64-67-42(5)66-43(6)68-64)36-63(62)70-60-33-50(46-19-11-40(3)12-20-46)25-29-55(60)56-30-26-51(34-61(56)70)47-21-13-41(4)14-22-47/h7-36H,1-6H3. The van der Waals surface area contributed by atoms with Crippen molar-refractivity contribution in [2.75, 3.05) is 0 Å². The fourth-order valence-corrected chi connectivity index (χ4v) is 10.2. The van der Waals surface area contributed by atoms with Crippen molar-refractivity contribution in [1.29, 1.82) is 5.26 Å². The molecular weight excluding hydrogens is 853 g/mol. The molecule has 0 saturated carbocycles. The summed E-state index contributed by atoms with van der Waals surface area (Å²) in [6.45, 7) is 12.2. The van der Waals surface area contributed by atoms with Crippen molar-refractivity contribution in [3.05, 3.63) is 221 Å². The van der Waals surface area contributed by atoms with Crippen molar-refractivity contribution >= 4 is 43.6 Å². The SMILES string of the molecule is Cc1ccc(-c2ccc3c4ccc(-c5ccc(C)cc5)cc4n(-c4cc(C#N)c(-c5nc(C)nc(C)n5)cc4-n4c5cc(-c6ccc(C)cc6)ccc5c5ccc(-c6ccc(C)cc6)cc54)c3c2)cc1. The Labute approximate surface area is 407 Å². The van der Waals surface area contributed by atoms with Gasteiger partial charge >= 0.3 is 0 Å². The minimum absolute atomic E-state index is 0.460. The van der Waals surface area contributed by atoms with E-state index in [1.807, 2.05) is 13.8 Å². The van der Waals surface area contributed by atoms with E-state index in [1.165, 1.54) is 22.3 Å². The zero-order chi connectivity index (χ0) is 47.8. The molecule has 9 aromatic carbocycles. The molecule has 0 radical (unpaired) electrons. The Hall–Kier alpha value is -8.92. The third-order valence-corrected chi connectivity index (χ3v) is 13.9. The van der Waals surface area contributed by atoms with Crippen molar-refractivity contribution in [3.63, 3.8) is 0 Å². The van der Waals surface area contributed by atoms with E-state index in [0.29, 0.717) is 28.6 Å². The molecule has 3 aromatic heterocycles. The van der Waals surface area contributed by atoms with Crippen LogP contribution in [0.2, 0.25) is 0 Å². The second kappa shape index (κ2) is 16.7. The average Bonchev–Trinajstić information content (AvgIpc) is 3.87. The Morgan fingerprint density at radius 3 is 0.914 bits per heavy atom. The minimum Gasteiger partial charge on any atom is -0.307 e. The Balaban J connectivity index is 1.25. The van der Waals surface area contributed by atoms with Crippen LogP contribution in [0.5, 0.6) is 0 Å². The quantitative estimate of drug-likeness (QED) is 0.160. The molecule has 70 heavy (non-hydrogen) atoms. The maximum absolute atomic E-state index is 11.3. The predicted molar refractivity (Wildman–Crippen MR) is 289 cm³/mol. The summed E-state index contributed by atoms with van der Waals surface area (Å²) in [6, 6.07) is 69.0. The van der Waals surface area contributed by atoms with Crippen LogP contribution >= 0.6 is 0 Å². The van der Waals surface area contributed by atoms with Gasteiger partial charge in [0.2, 0.25) is 0 Å². The number of rotatable bonds is 7. The first kappa shape index (κ1) is 42.4. The number of aryl methyl sites for hydroxylation is 6. The van der Waals surface area contributed by atoms with Gasteiger partial charge in [-0.25, -0.2) is 15.0 Å². The van der Waals surface area contributed by atoms with E-state index in [4.69, 9.17) is 9.97 Å². The molecule has 12 rings (SSSR count). The van der Waals surface area contributed by atoms with E-state index in [0.717, 1.165) is 99.5 Å². The Kier molecular flexibility index (Phi) is 10.1. The number of nitriles is 1. The van der Waals surface area contributed by atoms with Gasteiger partial charge in [-0.15, -0.1) is 0 Å². The zero-order valence-electron chi connectivity index (χ0n) is 40.0. The van der Waals surface area contributed by atoms with Crippen molar-refractivity contribution < 1.29 is 0 Å². The van der Waals surface area contributed by atoms with Gasteiger partial charge in [-0.1, -0.05) is 168 Å². The van der Waals surface area contributed by atoms with E-state index in [2.05, 4.69) is 230 Å². The Morgan fingerprint density at radius 1 is 0.329 bits per heavy atom. The highest BCUT2D eigenvalue weighted by Crippen LogP contribution is 2.44. The molecular formula is C64H48N6. The third-order valence-electron chi connectivity index (χ3n) is 13.9.